The van der Waals surface area contributed by atoms with Gasteiger partial charge in [0.2, 0.25) is 0 Å². The van der Waals surface area contributed by atoms with Gasteiger partial charge in [0.05, 0.1) is 16.9 Å². The van der Waals surface area contributed by atoms with Crippen LogP contribution in [0, 0.1) is 0 Å². The van der Waals surface area contributed by atoms with Crippen LogP contribution in [-0.2, 0) is 11.3 Å². The van der Waals surface area contributed by atoms with Gasteiger partial charge < -0.3 is 14.5 Å². The first-order valence-electron chi connectivity index (χ1n) is 11.2. The molecule has 1 aliphatic heterocycles. The molecule has 0 saturated carbocycles. The van der Waals surface area contributed by atoms with E-state index in [1.165, 1.54) is 22.1 Å². The number of benzene rings is 2. The van der Waals surface area contributed by atoms with Crippen molar-refractivity contribution < 1.29 is 9.53 Å². The van der Waals surface area contributed by atoms with Gasteiger partial charge in [-0.2, -0.15) is 0 Å². The Labute approximate surface area is 197 Å². The summed E-state index contributed by atoms with van der Waals surface area (Å²) in [5.41, 5.74) is 4.62. The number of hydrogen-bond acceptors (Lipinski definition) is 6. The smallest absolute Gasteiger partial charge is 0.410 e. The van der Waals surface area contributed by atoms with Crippen molar-refractivity contribution in [2.75, 3.05) is 25.0 Å². The highest BCUT2D eigenvalue weighted by Crippen LogP contribution is 2.27. The van der Waals surface area contributed by atoms with Crippen molar-refractivity contribution in [2.24, 2.45) is 0 Å². The molecule has 2 aromatic heterocycles. The summed E-state index contributed by atoms with van der Waals surface area (Å²) >= 11 is 1.50. The Kier molecular flexibility index (Phi) is 6.21. The SMILES string of the molecule is CN(C(=O)OCc1cscn1)C1CCN(c2cccc(-c3ccc4ccccc4c3)n2)CC1. The minimum Gasteiger partial charge on any atom is -0.443 e. The molecule has 3 heterocycles. The first-order valence-corrected chi connectivity index (χ1v) is 12.1. The van der Waals surface area contributed by atoms with Gasteiger partial charge in [-0.1, -0.05) is 42.5 Å². The zero-order valence-corrected chi connectivity index (χ0v) is 19.4. The van der Waals surface area contributed by atoms with Gasteiger partial charge >= 0.3 is 6.09 Å². The monoisotopic (exact) mass is 458 g/mol. The second-order valence-corrected chi connectivity index (χ2v) is 9.03. The topological polar surface area (TPSA) is 58.6 Å². The first-order chi connectivity index (χ1) is 16.2. The summed E-state index contributed by atoms with van der Waals surface area (Å²) in [6.07, 6.45) is 1.46. The Morgan fingerprint density at radius 3 is 2.70 bits per heavy atom. The van der Waals surface area contributed by atoms with Crippen molar-refractivity contribution in [1.29, 1.82) is 0 Å². The Hall–Kier alpha value is -3.45. The molecule has 33 heavy (non-hydrogen) atoms. The number of pyridine rings is 1. The summed E-state index contributed by atoms with van der Waals surface area (Å²) in [7, 11) is 1.82. The van der Waals surface area contributed by atoms with E-state index in [9.17, 15) is 4.79 Å². The van der Waals surface area contributed by atoms with E-state index < -0.39 is 0 Å². The summed E-state index contributed by atoms with van der Waals surface area (Å²) in [6, 6.07) is 21.2. The Bertz CT molecular complexity index is 1240. The van der Waals surface area contributed by atoms with Crippen LogP contribution in [0.5, 0.6) is 0 Å². The average molecular weight is 459 g/mol. The van der Waals surface area contributed by atoms with Gasteiger partial charge in [0.15, 0.2) is 0 Å². The van der Waals surface area contributed by atoms with Crippen molar-refractivity contribution in [3.05, 3.63) is 77.2 Å². The van der Waals surface area contributed by atoms with Crippen LogP contribution in [0.25, 0.3) is 22.0 Å². The quantitative estimate of drug-likeness (QED) is 0.390. The number of hydrogen-bond donors (Lipinski definition) is 0. The predicted molar refractivity (Wildman–Crippen MR) is 132 cm³/mol. The number of rotatable bonds is 5. The maximum absolute atomic E-state index is 12.4. The highest BCUT2D eigenvalue weighted by molar-refractivity contribution is 7.07. The maximum atomic E-state index is 12.4. The van der Waals surface area contributed by atoms with Crippen LogP contribution in [0.4, 0.5) is 10.6 Å². The molecule has 0 unspecified atom stereocenters. The van der Waals surface area contributed by atoms with E-state index in [1.54, 1.807) is 10.4 Å². The number of carbonyl (C=O) groups is 1. The van der Waals surface area contributed by atoms with Gasteiger partial charge in [0, 0.05) is 37.1 Å². The van der Waals surface area contributed by atoms with Gasteiger partial charge in [-0.3, -0.25) is 0 Å². The van der Waals surface area contributed by atoms with Gasteiger partial charge in [0.1, 0.15) is 12.4 Å². The van der Waals surface area contributed by atoms with Crippen LogP contribution in [0.15, 0.2) is 71.6 Å². The molecule has 0 bridgehead atoms. The number of fused-ring (bicyclic) bond motifs is 1. The molecule has 1 amide bonds. The Morgan fingerprint density at radius 1 is 1.09 bits per heavy atom. The largest absolute Gasteiger partial charge is 0.443 e. The van der Waals surface area contributed by atoms with E-state index in [4.69, 9.17) is 9.72 Å². The van der Waals surface area contributed by atoms with Crippen LogP contribution in [0.3, 0.4) is 0 Å². The lowest BCUT2D eigenvalue weighted by Crippen LogP contribution is -2.46. The minimum absolute atomic E-state index is 0.160. The third-order valence-corrected chi connectivity index (χ3v) is 6.87. The van der Waals surface area contributed by atoms with E-state index in [-0.39, 0.29) is 18.7 Å². The van der Waals surface area contributed by atoms with Crippen molar-refractivity contribution in [1.82, 2.24) is 14.9 Å². The molecule has 0 N–H and O–H groups in total. The molecule has 1 aliphatic rings. The number of piperidine rings is 1. The molecule has 168 valence electrons. The highest BCUT2D eigenvalue weighted by atomic mass is 32.1. The molecular formula is C26H26N4O2S. The standard InChI is InChI=1S/C26H26N4O2S/c1-29(26(31)32-16-22-17-33-18-27-22)23-11-13-30(14-12-23)25-8-4-7-24(28-25)21-10-9-19-5-2-3-6-20(19)15-21/h2-10,15,17-18,23H,11-14,16H2,1H3. The van der Waals surface area contributed by atoms with E-state index in [2.05, 4.69) is 70.5 Å². The van der Waals surface area contributed by atoms with Crippen LogP contribution in [0.2, 0.25) is 0 Å². The van der Waals surface area contributed by atoms with Crippen molar-refractivity contribution >= 4 is 34.0 Å². The number of amides is 1. The number of carbonyl (C=O) groups excluding carboxylic acids is 1. The normalized spacial score (nSPS) is 14.4. The molecule has 0 radical (unpaired) electrons. The lowest BCUT2D eigenvalue weighted by Gasteiger charge is -2.36. The summed E-state index contributed by atoms with van der Waals surface area (Å²) in [5, 5.41) is 4.34. The number of aromatic nitrogens is 2. The summed E-state index contributed by atoms with van der Waals surface area (Å²) in [6.45, 7) is 1.92. The molecule has 4 aromatic rings. The summed E-state index contributed by atoms with van der Waals surface area (Å²) in [4.78, 5) is 25.6. The predicted octanol–water partition coefficient (Wildman–Crippen LogP) is 5.60. The lowest BCUT2D eigenvalue weighted by molar-refractivity contribution is 0.0854. The molecule has 5 rings (SSSR count). The highest BCUT2D eigenvalue weighted by Gasteiger charge is 2.27. The van der Waals surface area contributed by atoms with Gasteiger partial charge in [-0.15, -0.1) is 11.3 Å². The fourth-order valence-electron chi connectivity index (χ4n) is 4.29. The Morgan fingerprint density at radius 2 is 1.91 bits per heavy atom. The zero-order chi connectivity index (χ0) is 22.6. The number of ether oxygens (including phenoxy) is 1. The van der Waals surface area contributed by atoms with Crippen molar-refractivity contribution in [2.45, 2.75) is 25.5 Å². The lowest BCUT2D eigenvalue weighted by atomic mass is 10.0. The number of thiazole rings is 1. The molecule has 6 nitrogen and oxygen atoms in total. The summed E-state index contributed by atoms with van der Waals surface area (Å²) in [5.74, 6) is 0.980. The molecular weight excluding hydrogens is 432 g/mol. The number of anilines is 1. The van der Waals surface area contributed by atoms with Crippen LogP contribution < -0.4 is 4.90 Å². The van der Waals surface area contributed by atoms with E-state index >= 15 is 0 Å². The molecule has 1 fully saturated rings. The molecule has 1 saturated heterocycles. The summed E-state index contributed by atoms with van der Waals surface area (Å²) < 4.78 is 5.41. The van der Waals surface area contributed by atoms with Gasteiger partial charge in [-0.25, -0.2) is 14.8 Å². The first kappa shape index (κ1) is 21.4. The molecule has 0 aliphatic carbocycles. The van der Waals surface area contributed by atoms with E-state index in [1.807, 2.05) is 12.4 Å². The van der Waals surface area contributed by atoms with E-state index in [0.29, 0.717) is 0 Å². The van der Waals surface area contributed by atoms with Crippen LogP contribution in [0.1, 0.15) is 18.5 Å². The van der Waals surface area contributed by atoms with Crippen LogP contribution in [-0.4, -0.2) is 47.1 Å². The molecule has 0 spiro atoms. The zero-order valence-electron chi connectivity index (χ0n) is 18.6. The van der Waals surface area contributed by atoms with Crippen molar-refractivity contribution in [3.63, 3.8) is 0 Å². The molecule has 0 atom stereocenters. The maximum Gasteiger partial charge on any atom is 0.410 e. The second-order valence-electron chi connectivity index (χ2n) is 8.31. The minimum atomic E-state index is -0.294. The third kappa shape index (κ3) is 4.83. The fraction of sp³-hybridized carbons (Fsp3) is 0.269. The van der Waals surface area contributed by atoms with Gasteiger partial charge in [-0.05, 0) is 41.8 Å². The van der Waals surface area contributed by atoms with Crippen molar-refractivity contribution in [3.8, 4) is 11.3 Å². The van der Waals surface area contributed by atoms with Gasteiger partial charge in [0.25, 0.3) is 0 Å². The molecule has 7 heteroatoms. The number of nitrogens with zero attached hydrogens (tertiary/aromatic N) is 4. The average Bonchev–Trinajstić information content (AvgIpc) is 3.40. The Balaban J connectivity index is 1.21. The van der Waals surface area contributed by atoms with Crippen LogP contribution >= 0.6 is 11.3 Å². The second kappa shape index (κ2) is 9.58. The fourth-order valence-corrected chi connectivity index (χ4v) is 4.83. The van der Waals surface area contributed by atoms with E-state index in [0.717, 1.165) is 48.7 Å². The molecule has 2 aromatic carbocycles. The third-order valence-electron chi connectivity index (χ3n) is 6.23.